The molecule has 0 unspecified atom stereocenters. The molecule has 112 valence electrons. The first-order valence-electron chi connectivity index (χ1n) is 6.05. The van der Waals surface area contributed by atoms with Crippen molar-refractivity contribution in [1.29, 1.82) is 0 Å². The van der Waals surface area contributed by atoms with Crippen LogP contribution in [0.4, 0.5) is 15.8 Å². The predicted molar refractivity (Wildman–Crippen MR) is 85.2 cm³/mol. The minimum atomic E-state index is -3.81. The summed E-state index contributed by atoms with van der Waals surface area (Å²) in [6, 6.07) is 7.13. The van der Waals surface area contributed by atoms with Crippen molar-refractivity contribution in [3.05, 3.63) is 51.7 Å². The standard InChI is InChI=1S/C14H14BrFN2O2S/c1-8-5-10(16)6-9(2)14(8)21(19,20)18-11-3-4-12(15)13(17)7-11/h3-7,18H,17H2,1-2H3. The lowest BCUT2D eigenvalue weighted by atomic mass is 10.1. The topological polar surface area (TPSA) is 72.2 Å². The number of anilines is 2. The molecule has 3 N–H and O–H groups in total. The second kappa shape index (κ2) is 5.65. The largest absolute Gasteiger partial charge is 0.398 e. The molecule has 0 spiro atoms. The molecule has 0 saturated carbocycles. The van der Waals surface area contributed by atoms with Gasteiger partial charge < -0.3 is 5.73 Å². The molecule has 0 aromatic heterocycles. The van der Waals surface area contributed by atoms with Crippen molar-refractivity contribution in [2.75, 3.05) is 10.5 Å². The summed E-state index contributed by atoms with van der Waals surface area (Å²) in [7, 11) is -3.81. The first kappa shape index (κ1) is 15.8. The highest BCUT2D eigenvalue weighted by Gasteiger charge is 2.20. The Morgan fingerprint density at radius 2 is 1.71 bits per heavy atom. The van der Waals surface area contributed by atoms with Crippen LogP contribution >= 0.6 is 15.9 Å². The molecule has 0 aliphatic heterocycles. The van der Waals surface area contributed by atoms with Gasteiger partial charge in [-0.05, 0) is 71.2 Å². The van der Waals surface area contributed by atoms with Crippen LogP contribution in [-0.4, -0.2) is 8.42 Å². The number of nitrogens with two attached hydrogens (primary N) is 1. The van der Waals surface area contributed by atoms with Gasteiger partial charge in [0.1, 0.15) is 5.82 Å². The maximum Gasteiger partial charge on any atom is 0.262 e. The van der Waals surface area contributed by atoms with E-state index in [9.17, 15) is 12.8 Å². The fourth-order valence-electron chi connectivity index (χ4n) is 2.13. The van der Waals surface area contributed by atoms with Crippen LogP contribution < -0.4 is 10.5 Å². The summed E-state index contributed by atoms with van der Waals surface area (Å²) >= 11 is 3.24. The highest BCUT2D eigenvalue weighted by Crippen LogP contribution is 2.27. The zero-order valence-electron chi connectivity index (χ0n) is 11.4. The van der Waals surface area contributed by atoms with Crippen LogP contribution in [0, 0.1) is 19.7 Å². The van der Waals surface area contributed by atoms with Crippen LogP contribution in [0.1, 0.15) is 11.1 Å². The molecular formula is C14H14BrFN2O2S. The van der Waals surface area contributed by atoms with Gasteiger partial charge >= 0.3 is 0 Å². The molecule has 21 heavy (non-hydrogen) atoms. The second-order valence-corrected chi connectivity index (χ2v) is 7.18. The molecule has 7 heteroatoms. The summed E-state index contributed by atoms with van der Waals surface area (Å²) in [5.41, 5.74) is 7.20. The van der Waals surface area contributed by atoms with Crippen molar-refractivity contribution in [2.45, 2.75) is 18.7 Å². The SMILES string of the molecule is Cc1cc(F)cc(C)c1S(=O)(=O)Nc1ccc(Br)c(N)c1. The number of benzene rings is 2. The zero-order chi connectivity index (χ0) is 15.8. The van der Waals surface area contributed by atoms with E-state index in [1.54, 1.807) is 26.0 Å². The zero-order valence-corrected chi connectivity index (χ0v) is 13.8. The van der Waals surface area contributed by atoms with E-state index in [1.165, 1.54) is 18.2 Å². The summed E-state index contributed by atoms with van der Waals surface area (Å²) in [6.45, 7) is 3.11. The van der Waals surface area contributed by atoms with Gasteiger partial charge in [-0.3, -0.25) is 4.72 Å². The van der Waals surface area contributed by atoms with Crippen LogP contribution in [0.5, 0.6) is 0 Å². The van der Waals surface area contributed by atoms with Crippen LogP contribution in [0.2, 0.25) is 0 Å². The molecule has 0 aliphatic rings. The maximum atomic E-state index is 13.3. The minimum Gasteiger partial charge on any atom is -0.398 e. The van der Waals surface area contributed by atoms with Crippen molar-refractivity contribution in [1.82, 2.24) is 0 Å². The molecule has 2 aromatic rings. The van der Waals surface area contributed by atoms with Gasteiger partial charge in [-0.1, -0.05) is 0 Å². The summed E-state index contributed by atoms with van der Waals surface area (Å²) in [5.74, 6) is -0.461. The van der Waals surface area contributed by atoms with E-state index in [0.29, 0.717) is 27.0 Å². The van der Waals surface area contributed by atoms with E-state index in [2.05, 4.69) is 20.7 Å². The van der Waals surface area contributed by atoms with E-state index in [0.717, 1.165) is 0 Å². The van der Waals surface area contributed by atoms with E-state index < -0.39 is 15.8 Å². The van der Waals surface area contributed by atoms with Gasteiger partial charge in [0, 0.05) is 10.2 Å². The lowest BCUT2D eigenvalue weighted by Gasteiger charge is -2.13. The maximum absolute atomic E-state index is 13.3. The number of aryl methyl sites for hydroxylation is 2. The molecule has 2 aromatic carbocycles. The van der Waals surface area contributed by atoms with Gasteiger partial charge in [0.15, 0.2) is 0 Å². The van der Waals surface area contributed by atoms with Crippen LogP contribution in [0.15, 0.2) is 39.7 Å². The second-order valence-electron chi connectivity index (χ2n) is 4.71. The van der Waals surface area contributed by atoms with Crippen molar-refractivity contribution in [2.24, 2.45) is 0 Å². The number of rotatable bonds is 3. The molecule has 0 aliphatic carbocycles. The average Bonchev–Trinajstić information content (AvgIpc) is 2.31. The molecule has 0 radical (unpaired) electrons. The fourth-order valence-corrected chi connectivity index (χ4v) is 3.89. The quantitative estimate of drug-likeness (QED) is 0.808. The van der Waals surface area contributed by atoms with Gasteiger partial charge in [0.25, 0.3) is 10.0 Å². The highest BCUT2D eigenvalue weighted by molar-refractivity contribution is 9.10. The number of nitrogens with one attached hydrogen (secondary N) is 1. The van der Waals surface area contributed by atoms with Gasteiger partial charge in [-0.25, -0.2) is 12.8 Å². The molecule has 0 fully saturated rings. The lowest BCUT2D eigenvalue weighted by molar-refractivity contribution is 0.597. The molecule has 4 nitrogen and oxygen atoms in total. The Morgan fingerprint density at radius 1 is 1.14 bits per heavy atom. The third-order valence-electron chi connectivity index (χ3n) is 2.94. The molecule has 2 rings (SSSR count). The minimum absolute atomic E-state index is 0.0744. The van der Waals surface area contributed by atoms with Crippen LogP contribution in [0.25, 0.3) is 0 Å². The van der Waals surface area contributed by atoms with Gasteiger partial charge in [-0.2, -0.15) is 0 Å². The van der Waals surface area contributed by atoms with Crippen molar-refractivity contribution < 1.29 is 12.8 Å². The van der Waals surface area contributed by atoms with Gasteiger partial charge in [0.05, 0.1) is 10.6 Å². The Kier molecular flexibility index (Phi) is 4.25. The van der Waals surface area contributed by atoms with Crippen LogP contribution in [0.3, 0.4) is 0 Å². The van der Waals surface area contributed by atoms with E-state index in [4.69, 9.17) is 5.73 Å². The third-order valence-corrected chi connectivity index (χ3v) is 5.35. The number of halogens is 2. The Morgan fingerprint density at radius 3 is 2.24 bits per heavy atom. The van der Waals surface area contributed by atoms with Gasteiger partial charge in [-0.15, -0.1) is 0 Å². The number of nitrogen functional groups attached to an aromatic ring is 1. The van der Waals surface area contributed by atoms with Crippen molar-refractivity contribution in [3.63, 3.8) is 0 Å². The molecule has 0 atom stereocenters. The number of hydrogen-bond donors (Lipinski definition) is 2. The Balaban J connectivity index is 2.46. The van der Waals surface area contributed by atoms with Crippen molar-refractivity contribution in [3.8, 4) is 0 Å². The average molecular weight is 373 g/mol. The smallest absolute Gasteiger partial charge is 0.262 e. The molecule has 0 saturated heterocycles. The highest BCUT2D eigenvalue weighted by atomic mass is 79.9. The van der Waals surface area contributed by atoms with Crippen LogP contribution in [-0.2, 0) is 10.0 Å². The Labute approximate surface area is 131 Å². The predicted octanol–water partition coefficient (Wildman–Crippen LogP) is 3.59. The number of hydrogen-bond acceptors (Lipinski definition) is 3. The molecule has 0 heterocycles. The normalized spacial score (nSPS) is 11.4. The lowest BCUT2D eigenvalue weighted by Crippen LogP contribution is -2.16. The Hall–Kier alpha value is -1.60. The summed E-state index contributed by atoms with van der Waals surface area (Å²) in [6.07, 6.45) is 0. The first-order chi connectivity index (χ1) is 9.70. The van der Waals surface area contributed by atoms with E-state index in [1.807, 2.05) is 0 Å². The summed E-state index contributed by atoms with van der Waals surface area (Å²) < 4.78 is 41.3. The molecule has 0 bridgehead atoms. The monoisotopic (exact) mass is 372 g/mol. The third kappa shape index (κ3) is 3.36. The van der Waals surface area contributed by atoms with Crippen molar-refractivity contribution >= 4 is 37.3 Å². The fraction of sp³-hybridized carbons (Fsp3) is 0.143. The number of sulfonamides is 1. The summed E-state index contributed by atoms with van der Waals surface area (Å²) in [4.78, 5) is 0.0744. The Bertz CT molecular complexity index is 784. The first-order valence-corrected chi connectivity index (χ1v) is 8.33. The molecule has 0 amide bonds. The summed E-state index contributed by atoms with van der Waals surface area (Å²) in [5, 5.41) is 0. The van der Waals surface area contributed by atoms with E-state index in [-0.39, 0.29) is 4.90 Å². The van der Waals surface area contributed by atoms with Gasteiger partial charge in [0.2, 0.25) is 0 Å². The molecular weight excluding hydrogens is 359 g/mol. The van der Waals surface area contributed by atoms with E-state index >= 15 is 0 Å².